The Balaban J connectivity index is 0.000000151. The average molecular weight is 1490 g/mol. The molecule has 8 aliphatic carbocycles. The van der Waals surface area contributed by atoms with Gasteiger partial charge < -0.3 is 28.4 Å². The summed E-state index contributed by atoms with van der Waals surface area (Å²) in [5.41, 5.74) is 4.53. The minimum Gasteiger partial charge on any atom is -0.743 e. The summed E-state index contributed by atoms with van der Waals surface area (Å²) in [6.07, 6.45) is -8.65. The number of alkyl halides is 10. The maximum absolute atomic E-state index is 13.5. The molecule has 2 heterocycles. The van der Waals surface area contributed by atoms with Crippen molar-refractivity contribution in [3.05, 3.63) is 176 Å². The second kappa shape index (κ2) is 32.7. The number of hydrogen-bond acceptors (Lipinski definition) is 13. The maximum atomic E-state index is 13.5. The molecule has 100 heavy (non-hydrogen) atoms. The second-order valence-electron chi connectivity index (χ2n) is 27.1. The molecule has 0 N–H and O–H groups in total. The van der Waals surface area contributed by atoms with E-state index in [-0.39, 0.29) is 104 Å². The van der Waals surface area contributed by atoms with Crippen LogP contribution in [-0.2, 0) is 61.0 Å². The number of ether oxygens (including phenoxy) is 2. The van der Waals surface area contributed by atoms with Crippen molar-refractivity contribution < 1.29 is 123 Å². The van der Waals surface area contributed by atoms with Crippen LogP contribution in [0.15, 0.2) is 181 Å². The Morgan fingerprint density at radius 3 is 0.870 bits per heavy atom. The quantitative estimate of drug-likeness (QED) is 0.0310. The largest absolute Gasteiger partial charge is 1.00 e. The van der Waals surface area contributed by atoms with E-state index in [0.717, 1.165) is 50.0 Å². The summed E-state index contributed by atoms with van der Waals surface area (Å²) < 4.78 is 213. The molecule has 0 amide bonds. The van der Waals surface area contributed by atoms with Gasteiger partial charge in [0.15, 0.2) is 25.1 Å². The van der Waals surface area contributed by atoms with E-state index in [4.69, 9.17) is 0 Å². The van der Waals surface area contributed by atoms with E-state index in [0.29, 0.717) is 10.9 Å². The number of nitrogens with zero attached hydrogens (tertiary/aromatic N) is 2. The number of hydrogen-bond donors (Lipinski definition) is 0. The SMILES string of the molecule is O=C(OC(C(F)(F)F)C(F)(F)S(=O)(=O)[O-])C12CC3CC(CC(C3)C1)C2.O=C(OC(C(F)(F)F)C(F)(F)S(=O)(=O)[O-])C12CC3CC(CC(C3)C1)C2.O=S1CCCC1.[Na+].c1ccc(N(c2ccccc2)c2ccc([S+]3CCCC3)cc2)cc1.c1ccc(N(c2ccccc2)c2ccccc2)cc1. The van der Waals surface area contributed by atoms with Crippen LogP contribution in [0.3, 0.4) is 0 Å². The first kappa shape index (κ1) is 78.6. The number of halogens is 10. The van der Waals surface area contributed by atoms with Gasteiger partial charge in [-0.2, -0.15) is 43.9 Å². The third-order valence-electron chi connectivity index (χ3n) is 19.8. The smallest absolute Gasteiger partial charge is 0.743 e. The number of carbonyl (C=O) groups excluding carboxylic acids is 2. The van der Waals surface area contributed by atoms with E-state index in [1.165, 1.54) is 76.2 Å². The Bertz CT molecular complexity index is 3600. The fraction of sp³-hybridized carbons (Fsp3) is 0.472. The molecule has 6 aromatic carbocycles. The normalized spacial score (nSPS) is 25.1. The molecule has 0 aromatic heterocycles. The van der Waals surface area contributed by atoms with Gasteiger partial charge in [0.2, 0.25) is 0 Å². The van der Waals surface area contributed by atoms with Crippen LogP contribution >= 0.6 is 0 Å². The van der Waals surface area contributed by atoms with E-state index < -0.39 is 88.9 Å². The minimum absolute atomic E-state index is 0. The summed E-state index contributed by atoms with van der Waals surface area (Å²) in [4.78, 5) is 30.8. The third-order valence-corrected chi connectivity index (χ3v) is 25.5. The number of rotatable bonds is 15. The molecule has 8 bridgehead atoms. The first-order chi connectivity index (χ1) is 46.7. The summed E-state index contributed by atoms with van der Waals surface area (Å²) in [7, 11) is -13.3. The Labute approximate surface area is 604 Å². The van der Waals surface area contributed by atoms with Crippen molar-refractivity contribution in [2.75, 3.05) is 32.8 Å². The molecule has 28 heteroatoms. The van der Waals surface area contributed by atoms with E-state index in [1.54, 1.807) is 0 Å². The third kappa shape index (κ3) is 18.9. The topological polar surface area (TPSA) is 191 Å². The molecule has 2 unspecified atom stereocenters. The zero-order valence-corrected chi connectivity index (χ0v) is 60.1. The molecule has 536 valence electrons. The van der Waals surface area contributed by atoms with Crippen molar-refractivity contribution in [1.82, 2.24) is 0 Å². The number of esters is 2. The minimum atomic E-state index is -6.67. The summed E-state index contributed by atoms with van der Waals surface area (Å²) in [6, 6.07) is 61.7. The van der Waals surface area contributed by atoms with E-state index in [9.17, 15) is 83.6 Å². The van der Waals surface area contributed by atoms with Gasteiger partial charge >= 0.3 is 64.4 Å². The molecule has 0 radical (unpaired) electrons. The number of carbonyl (C=O) groups is 2. The number of para-hydroxylation sites is 5. The van der Waals surface area contributed by atoms with Crippen molar-refractivity contribution in [2.45, 2.75) is 143 Å². The van der Waals surface area contributed by atoms with E-state index >= 15 is 0 Å². The monoisotopic (exact) mass is 1490 g/mol. The molecule has 2 atom stereocenters. The first-order valence-electron chi connectivity index (χ1n) is 33.0. The fourth-order valence-electron chi connectivity index (χ4n) is 16.2. The Hall–Kier alpha value is -5.52. The molecular weight excluding hydrogens is 1410 g/mol. The Morgan fingerprint density at radius 2 is 0.660 bits per heavy atom. The summed E-state index contributed by atoms with van der Waals surface area (Å²) >= 11 is 0. The van der Waals surface area contributed by atoms with Crippen LogP contribution in [0, 0.1) is 46.3 Å². The van der Waals surface area contributed by atoms with Crippen molar-refractivity contribution in [3.63, 3.8) is 0 Å². The summed E-state index contributed by atoms with van der Waals surface area (Å²) in [5.74, 6) is 2.51. The predicted octanol–water partition coefficient (Wildman–Crippen LogP) is 14.2. The molecule has 8 saturated carbocycles. The van der Waals surface area contributed by atoms with Gasteiger partial charge in [-0.25, -0.2) is 16.8 Å². The molecule has 13 nitrogen and oxygen atoms in total. The molecule has 2 aliphatic heterocycles. The number of anilines is 6. The number of benzene rings is 6. The van der Waals surface area contributed by atoms with Crippen LogP contribution in [0.25, 0.3) is 0 Å². The van der Waals surface area contributed by atoms with Gasteiger partial charge in [0.25, 0.3) is 12.2 Å². The van der Waals surface area contributed by atoms with Gasteiger partial charge in [-0.15, -0.1) is 0 Å². The molecule has 0 spiro atoms. The summed E-state index contributed by atoms with van der Waals surface area (Å²) in [6.45, 7) is 0. The molecule has 6 aromatic rings. The standard InChI is InChI=1S/C22H22NS.C18H15N.2C14H17F5O5S.C4H8OS.Na/c1-3-9-19(10-4-1)23(20-11-5-2-6-12-20)21-13-15-22(16-14-21)24-17-7-8-18-24;1-4-10-16(11-5-1)19(17-12-6-2-7-13-17)18-14-8-3-9-15-18;2*15-13(16,17)10(14(18,19)25(21,22)23)24-11(20)12-4-7-1-8(5-12)3-9(2-7)6-12;5-6-3-1-2-4-6;/h1-6,9-16H,7-8,17-18H2;1-15H;2*7-10H,1-6H2,(H,21,22,23);1-4H2;/q+1;;;;;+1/p-2. The van der Waals surface area contributed by atoms with Gasteiger partial charge in [0, 0.05) is 67.3 Å². The molecular formula is C72H77F10N2NaO11S4. The fourth-order valence-corrected chi connectivity index (χ4v) is 20.6. The average Bonchev–Trinajstić information content (AvgIpc) is 0.783. The van der Waals surface area contributed by atoms with Gasteiger partial charge in [-0.05, 0) is 223 Å². The van der Waals surface area contributed by atoms with E-state index in [2.05, 4.69) is 177 Å². The van der Waals surface area contributed by atoms with Crippen molar-refractivity contribution in [2.24, 2.45) is 46.3 Å². The van der Waals surface area contributed by atoms with Crippen LogP contribution in [0.4, 0.5) is 78.0 Å². The molecule has 10 aliphatic rings. The van der Waals surface area contributed by atoms with E-state index in [1.807, 2.05) is 18.2 Å². The first-order valence-corrected chi connectivity index (χ1v) is 38.8. The Kier molecular flexibility index (Phi) is 25.7. The van der Waals surface area contributed by atoms with Crippen LogP contribution in [0.1, 0.15) is 103 Å². The van der Waals surface area contributed by atoms with Crippen LogP contribution < -0.4 is 39.4 Å². The van der Waals surface area contributed by atoms with Gasteiger partial charge in [0.05, 0.1) is 10.8 Å². The van der Waals surface area contributed by atoms with Crippen LogP contribution in [0.5, 0.6) is 0 Å². The summed E-state index contributed by atoms with van der Waals surface area (Å²) in [5, 5.41) is -11.6. The zero-order valence-electron chi connectivity index (χ0n) is 54.8. The van der Waals surface area contributed by atoms with Gasteiger partial charge in [-0.3, -0.25) is 13.8 Å². The predicted molar refractivity (Wildman–Crippen MR) is 356 cm³/mol. The van der Waals surface area contributed by atoms with Crippen molar-refractivity contribution in [3.8, 4) is 0 Å². The molecule has 10 fully saturated rings. The Morgan fingerprint density at radius 1 is 0.420 bits per heavy atom. The second-order valence-corrected chi connectivity index (χ2v) is 34.0. The van der Waals surface area contributed by atoms with Crippen LogP contribution in [0.2, 0.25) is 0 Å². The van der Waals surface area contributed by atoms with Gasteiger partial charge in [0.1, 0.15) is 11.5 Å². The molecule has 2 saturated heterocycles. The van der Waals surface area contributed by atoms with Crippen LogP contribution in [-0.4, -0.2) is 100 Å². The van der Waals surface area contributed by atoms with Crippen molar-refractivity contribution >= 4 is 88.0 Å². The molecule has 16 rings (SSSR count). The maximum Gasteiger partial charge on any atom is 1.00 e. The van der Waals surface area contributed by atoms with Crippen molar-refractivity contribution in [1.29, 1.82) is 0 Å². The zero-order chi connectivity index (χ0) is 71.2. The van der Waals surface area contributed by atoms with Gasteiger partial charge in [-0.1, -0.05) is 91.0 Å².